The molecule has 1 fully saturated rings. The predicted octanol–water partition coefficient (Wildman–Crippen LogP) is -2.50. The van der Waals surface area contributed by atoms with Crippen molar-refractivity contribution in [3.05, 3.63) is 0 Å². The van der Waals surface area contributed by atoms with Crippen LogP contribution in [0.2, 0.25) is 0 Å². The molecule has 5 atom stereocenters. The summed E-state index contributed by atoms with van der Waals surface area (Å²) in [7, 11) is 0. The van der Waals surface area contributed by atoms with Crippen molar-refractivity contribution in [2.45, 2.75) is 29.0 Å². The maximum atomic E-state index is 9.22. The van der Waals surface area contributed by atoms with Crippen molar-refractivity contribution in [2.24, 2.45) is 0 Å². The van der Waals surface area contributed by atoms with Gasteiger partial charge in [0.05, 0.1) is 18.0 Å². The first-order valence-electron chi connectivity index (χ1n) is 3.56. The summed E-state index contributed by atoms with van der Waals surface area (Å²) >= 11 is 0.852. The molecule has 1 aliphatic heterocycles. The van der Waals surface area contributed by atoms with Gasteiger partial charge in [0.25, 0.3) is 0 Å². The van der Waals surface area contributed by atoms with Gasteiger partial charge < -0.3 is 25.5 Å². The van der Waals surface area contributed by atoms with Crippen LogP contribution in [0.5, 0.6) is 0 Å². The van der Waals surface area contributed by atoms with Crippen LogP contribution >= 0.6 is 11.8 Å². The standard InChI is InChI=1S/C6H12O5S/c7-1-2-3(8)4(9)5(10)6(11)12-2/h2-11H,1H2/t2-,3-,4+,5+,6-/m0/s1. The molecule has 0 aromatic carbocycles. The molecule has 1 rings (SSSR count). The van der Waals surface area contributed by atoms with Gasteiger partial charge in [-0.3, -0.25) is 0 Å². The van der Waals surface area contributed by atoms with Gasteiger partial charge in [-0.2, -0.15) is 0 Å². The number of hydrogen-bond donors (Lipinski definition) is 5. The SMILES string of the molecule is OC[C@@H]1S[C@H](O)[C@H](O)[C@H](O)[C@H]1O. The molecule has 0 aliphatic carbocycles. The van der Waals surface area contributed by atoms with E-state index in [2.05, 4.69) is 0 Å². The molecule has 12 heavy (non-hydrogen) atoms. The second-order valence-electron chi connectivity index (χ2n) is 2.72. The highest BCUT2D eigenvalue weighted by Gasteiger charge is 2.42. The van der Waals surface area contributed by atoms with Crippen molar-refractivity contribution in [1.82, 2.24) is 0 Å². The van der Waals surface area contributed by atoms with E-state index in [-0.39, 0.29) is 6.61 Å². The van der Waals surface area contributed by atoms with E-state index in [1.54, 1.807) is 0 Å². The fraction of sp³-hybridized carbons (Fsp3) is 1.00. The first-order chi connectivity index (χ1) is 5.57. The molecule has 1 aliphatic rings. The number of aliphatic hydroxyl groups excluding tert-OH is 5. The van der Waals surface area contributed by atoms with Gasteiger partial charge in [-0.05, 0) is 0 Å². The number of hydrogen-bond acceptors (Lipinski definition) is 6. The minimum absolute atomic E-state index is 0.341. The summed E-state index contributed by atoms with van der Waals surface area (Å²) in [5.41, 5.74) is -1.15. The molecule has 0 amide bonds. The van der Waals surface area contributed by atoms with E-state index >= 15 is 0 Å². The Kier molecular flexibility index (Phi) is 3.33. The van der Waals surface area contributed by atoms with Crippen LogP contribution in [-0.4, -0.2) is 61.1 Å². The summed E-state index contributed by atoms with van der Waals surface area (Å²) < 4.78 is 0. The third kappa shape index (κ3) is 1.73. The van der Waals surface area contributed by atoms with Gasteiger partial charge in [0.15, 0.2) is 0 Å². The lowest BCUT2D eigenvalue weighted by atomic mass is 10.0. The summed E-state index contributed by atoms with van der Waals surface area (Å²) in [4.78, 5) is 0. The molecule has 0 saturated carbocycles. The van der Waals surface area contributed by atoms with Crippen molar-refractivity contribution in [3.63, 3.8) is 0 Å². The third-order valence-corrected chi connectivity index (χ3v) is 3.20. The van der Waals surface area contributed by atoms with Crippen molar-refractivity contribution in [1.29, 1.82) is 0 Å². The lowest BCUT2D eigenvalue weighted by Crippen LogP contribution is -2.53. The van der Waals surface area contributed by atoms with E-state index in [1.165, 1.54) is 0 Å². The summed E-state index contributed by atoms with van der Waals surface area (Å²) in [5, 5.41) is 44.6. The molecule has 5 N–H and O–H groups in total. The topological polar surface area (TPSA) is 101 Å². The Morgan fingerprint density at radius 2 is 1.50 bits per heavy atom. The summed E-state index contributed by atoms with van der Waals surface area (Å²) in [5.74, 6) is 0. The molecule has 1 saturated heterocycles. The number of rotatable bonds is 1. The van der Waals surface area contributed by atoms with Crippen LogP contribution in [0.3, 0.4) is 0 Å². The zero-order chi connectivity index (χ0) is 9.30. The van der Waals surface area contributed by atoms with E-state index in [1.807, 2.05) is 0 Å². The average molecular weight is 196 g/mol. The van der Waals surface area contributed by atoms with Crippen LogP contribution < -0.4 is 0 Å². The van der Waals surface area contributed by atoms with Gasteiger partial charge in [-0.15, -0.1) is 11.8 Å². The predicted molar refractivity (Wildman–Crippen MR) is 42.5 cm³/mol. The fourth-order valence-corrected chi connectivity index (χ4v) is 2.17. The Morgan fingerprint density at radius 3 is 2.00 bits per heavy atom. The second-order valence-corrected chi connectivity index (χ2v) is 4.08. The van der Waals surface area contributed by atoms with E-state index in [4.69, 9.17) is 20.4 Å². The largest absolute Gasteiger partial charge is 0.395 e. The van der Waals surface area contributed by atoms with Crippen LogP contribution in [0.15, 0.2) is 0 Å². The summed E-state index contributed by atoms with van der Waals surface area (Å²) in [6, 6.07) is 0. The van der Waals surface area contributed by atoms with Gasteiger partial charge in [0.1, 0.15) is 17.6 Å². The smallest absolute Gasteiger partial charge is 0.128 e. The Morgan fingerprint density at radius 1 is 0.917 bits per heavy atom. The van der Waals surface area contributed by atoms with Crippen LogP contribution in [0.25, 0.3) is 0 Å². The lowest BCUT2D eigenvalue weighted by Gasteiger charge is -2.36. The molecule has 5 nitrogen and oxygen atoms in total. The number of aliphatic hydroxyl groups is 5. The monoisotopic (exact) mass is 196 g/mol. The average Bonchev–Trinajstić information content (AvgIpc) is 2.08. The fourth-order valence-electron chi connectivity index (χ4n) is 1.08. The first kappa shape index (κ1) is 10.2. The van der Waals surface area contributed by atoms with Crippen LogP contribution in [0.4, 0.5) is 0 Å². The van der Waals surface area contributed by atoms with Crippen molar-refractivity contribution in [3.8, 4) is 0 Å². The molecule has 0 radical (unpaired) electrons. The molecular formula is C6H12O5S. The van der Waals surface area contributed by atoms with Gasteiger partial charge in [0, 0.05) is 0 Å². The van der Waals surface area contributed by atoms with Crippen LogP contribution in [0, 0.1) is 0 Å². The molecule has 0 spiro atoms. The van der Waals surface area contributed by atoms with Gasteiger partial charge in [-0.1, -0.05) is 0 Å². The van der Waals surface area contributed by atoms with Crippen molar-refractivity contribution >= 4 is 11.8 Å². The highest BCUT2D eigenvalue weighted by atomic mass is 32.2. The Balaban J connectivity index is 2.63. The van der Waals surface area contributed by atoms with E-state index in [0.29, 0.717) is 0 Å². The molecule has 1 heterocycles. The van der Waals surface area contributed by atoms with E-state index in [9.17, 15) is 5.11 Å². The zero-order valence-electron chi connectivity index (χ0n) is 6.24. The molecule has 0 bridgehead atoms. The summed E-state index contributed by atoms with van der Waals surface area (Å²) in [6.07, 6.45) is -3.94. The van der Waals surface area contributed by atoms with Gasteiger partial charge >= 0.3 is 0 Å². The van der Waals surface area contributed by atoms with Crippen molar-refractivity contribution in [2.75, 3.05) is 6.61 Å². The third-order valence-electron chi connectivity index (χ3n) is 1.87. The molecule has 0 aromatic heterocycles. The minimum Gasteiger partial charge on any atom is -0.395 e. The number of thioether (sulfide) groups is 1. The highest BCUT2D eigenvalue weighted by Crippen LogP contribution is 2.30. The maximum absolute atomic E-state index is 9.22. The molecule has 6 heteroatoms. The van der Waals surface area contributed by atoms with E-state index in [0.717, 1.165) is 11.8 Å². The van der Waals surface area contributed by atoms with Crippen LogP contribution in [-0.2, 0) is 0 Å². The van der Waals surface area contributed by atoms with E-state index < -0.39 is 29.0 Å². The highest BCUT2D eigenvalue weighted by molar-refractivity contribution is 8.00. The first-order valence-corrected chi connectivity index (χ1v) is 4.50. The quantitative estimate of drug-likeness (QED) is 0.318. The van der Waals surface area contributed by atoms with Gasteiger partial charge in [0.2, 0.25) is 0 Å². The Labute approximate surface area is 73.7 Å². The van der Waals surface area contributed by atoms with Crippen LogP contribution in [0.1, 0.15) is 0 Å². The Hall–Kier alpha value is 0.150. The second kappa shape index (κ2) is 3.91. The lowest BCUT2D eigenvalue weighted by molar-refractivity contribution is -0.0953. The van der Waals surface area contributed by atoms with Crippen molar-refractivity contribution < 1.29 is 25.5 Å². The molecule has 0 aromatic rings. The van der Waals surface area contributed by atoms with Gasteiger partial charge in [-0.25, -0.2) is 0 Å². The molecular weight excluding hydrogens is 184 g/mol. The zero-order valence-corrected chi connectivity index (χ0v) is 7.05. The molecule has 72 valence electrons. The Bertz CT molecular complexity index is 150. The summed E-state index contributed by atoms with van der Waals surface area (Å²) in [6.45, 7) is -0.341. The maximum Gasteiger partial charge on any atom is 0.128 e. The normalized spacial score (nSPS) is 49.2. The molecule has 0 unspecified atom stereocenters. The minimum atomic E-state index is -1.39.